The van der Waals surface area contributed by atoms with E-state index in [9.17, 15) is 23.1 Å². The molecule has 1 heterocycles. The van der Waals surface area contributed by atoms with E-state index in [0.717, 1.165) is 10.0 Å². The standard InChI is InChI=1S/C31H43BrN6O5S/c1-21(2)19-38(44(42,43)26-13-11-24(33)12-14-26)25(20-39)9-6-7-15-34-30(40)28(16-23-8-4-5-10-27(23)32)37-31(41)29-18-35-22(3)17-36-29/h4-5,8,10-14,18,21-22,25,28,39H,6-7,9,15-17,19-20,33H2,1-3H3,(H,34,40)(H,37,41)/t22?,25-,28-/m0/s1. The van der Waals surface area contributed by atoms with Gasteiger partial charge in [0.05, 0.1) is 30.3 Å². The van der Waals surface area contributed by atoms with Gasteiger partial charge in [0.2, 0.25) is 15.9 Å². The van der Waals surface area contributed by atoms with E-state index in [-0.39, 0.29) is 48.0 Å². The fourth-order valence-corrected chi connectivity index (χ4v) is 6.97. The molecule has 0 spiro atoms. The number of halogens is 1. The maximum Gasteiger partial charge on any atom is 0.271 e. The quantitative estimate of drug-likeness (QED) is 0.156. The molecule has 44 heavy (non-hydrogen) atoms. The summed E-state index contributed by atoms with van der Waals surface area (Å²) in [4.78, 5) is 34.8. The first-order valence-corrected chi connectivity index (χ1v) is 17.0. The van der Waals surface area contributed by atoms with Gasteiger partial charge in [0.15, 0.2) is 0 Å². The van der Waals surface area contributed by atoms with Crippen molar-refractivity contribution in [3.63, 3.8) is 0 Å². The lowest BCUT2D eigenvalue weighted by molar-refractivity contribution is -0.126. The summed E-state index contributed by atoms with van der Waals surface area (Å²) in [7, 11) is -3.86. The number of amides is 2. The summed E-state index contributed by atoms with van der Waals surface area (Å²) in [5.74, 6) is -0.772. The molecule has 0 saturated heterocycles. The monoisotopic (exact) mass is 690 g/mol. The van der Waals surface area contributed by atoms with Crippen molar-refractivity contribution in [3.8, 4) is 0 Å². The highest BCUT2D eigenvalue weighted by atomic mass is 79.9. The van der Waals surface area contributed by atoms with Crippen molar-refractivity contribution in [2.75, 3.05) is 32.0 Å². The van der Waals surface area contributed by atoms with Gasteiger partial charge in [0, 0.05) is 35.7 Å². The van der Waals surface area contributed by atoms with Crippen LogP contribution in [0.25, 0.3) is 0 Å². The number of nitrogens with zero attached hydrogens (tertiary/aromatic N) is 3. The number of aliphatic imine (C=N–C) groups is 2. The number of anilines is 1. The Labute approximate surface area is 268 Å². The Morgan fingerprint density at radius 2 is 1.84 bits per heavy atom. The van der Waals surface area contributed by atoms with Crippen LogP contribution in [0.4, 0.5) is 5.69 Å². The number of hydrogen-bond donors (Lipinski definition) is 4. The summed E-state index contributed by atoms with van der Waals surface area (Å²) >= 11 is 3.51. The van der Waals surface area contributed by atoms with E-state index in [0.29, 0.717) is 38.0 Å². The van der Waals surface area contributed by atoms with E-state index in [1.165, 1.54) is 22.7 Å². The molecule has 3 rings (SSSR count). The van der Waals surface area contributed by atoms with Gasteiger partial charge in [-0.15, -0.1) is 0 Å². The molecule has 240 valence electrons. The molecule has 2 aromatic carbocycles. The zero-order valence-electron chi connectivity index (χ0n) is 25.4. The zero-order chi connectivity index (χ0) is 32.3. The highest BCUT2D eigenvalue weighted by molar-refractivity contribution is 9.10. The van der Waals surface area contributed by atoms with Gasteiger partial charge >= 0.3 is 0 Å². The number of nitrogens with two attached hydrogens (primary N) is 1. The first-order valence-electron chi connectivity index (χ1n) is 14.8. The molecule has 0 saturated carbocycles. The average molecular weight is 692 g/mol. The van der Waals surface area contributed by atoms with Crippen LogP contribution in [0.3, 0.4) is 0 Å². The first kappa shape index (κ1) is 35.4. The van der Waals surface area contributed by atoms with Gasteiger partial charge in [-0.05, 0) is 61.6 Å². The fraction of sp³-hybridized carbons (Fsp3) is 0.484. The highest BCUT2D eigenvalue weighted by Gasteiger charge is 2.31. The summed E-state index contributed by atoms with van der Waals surface area (Å²) in [5, 5.41) is 15.9. The number of aliphatic hydroxyl groups excluding tert-OH is 1. The number of rotatable bonds is 16. The van der Waals surface area contributed by atoms with Crippen LogP contribution in [0, 0.1) is 5.92 Å². The predicted octanol–water partition coefficient (Wildman–Crippen LogP) is 2.97. The normalized spacial score (nSPS) is 16.4. The predicted molar refractivity (Wildman–Crippen MR) is 177 cm³/mol. The Morgan fingerprint density at radius 1 is 1.14 bits per heavy atom. The second-order valence-electron chi connectivity index (χ2n) is 11.3. The van der Waals surface area contributed by atoms with Gasteiger partial charge in [0.1, 0.15) is 11.8 Å². The number of nitrogens with one attached hydrogen (secondary N) is 2. The number of carbonyl (C=O) groups is 2. The molecule has 13 heteroatoms. The lowest BCUT2D eigenvalue weighted by atomic mass is 10.0. The molecule has 0 aromatic heterocycles. The van der Waals surface area contributed by atoms with Crippen LogP contribution in [0.1, 0.15) is 45.6 Å². The summed E-state index contributed by atoms with van der Waals surface area (Å²) in [6.07, 6.45) is 3.21. The van der Waals surface area contributed by atoms with Gasteiger partial charge in [-0.25, -0.2) is 8.42 Å². The number of benzene rings is 2. The number of unbranched alkanes of at least 4 members (excludes halogenated alkanes) is 1. The number of carbonyl (C=O) groups excluding carboxylic acids is 2. The van der Waals surface area contributed by atoms with Gasteiger partial charge in [-0.3, -0.25) is 19.6 Å². The van der Waals surface area contributed by atoms with Gasteiger partial charge in [-0.1, -0.05) is 54.4 Å². The van der Waals surface area contributed by atoms with Gasteiger partial charge in [-0.2, -0.15) is 4.31 Å². The van der Waals surface area contributed by atoms with Gasteiger partial charge < -0.3 is 21.5 Å². The van der Waals surface area contributed by atoms with Crippen LogP contribution in [0.5, 0.6) is 0 Å². The molecule has 11 nitrogen and oxygen atoms in total. The largest absolute Gasteiger partial charge is 0.399 e. The topological polar surface area (TPSA) is 167 Å². The summed E-state index contributed by atoms with van der Waals surface area (Å²) in [6.45, 7) is 6.39. The van der Waals surface area contributed by atoms with Crippen molar-refractivity contribution < 1.29 is 23.1 Å². The van der Waals surface area contributed by atoms with Crippen molar-refractivity contribution >= 4 is 55.4 Å². The van der Waals surface area contributed by atoms with E-state index in [1.807, 2.05) is 45.0 Å². The minimum Gasteiger partial charge on any atom is -0.399 e. The number of aliphatic hydroxyl groups is 1. The molecule has 1 aliphatic heterocycles. The smallest absolute Gasteiger partial charge is 0.271 e. The van der Waals surface area contributed by atoms with E-state index < -0.39 is 28.0 Å². The molecular formula is C31H43BrN6O5S. The van der Waals surface area contributed by atoms with Crippen molar-refractivity contribution in [3.05, 3.63) is 58.6 Å². The van der Waals surface area contributed by atoms with E-state index in [1.54, 1.807) is 12.1 Å². The highest BCUT2D eigenvalue weighted by Crippen LogP contribution is 2.23. The van der Waals surface area contributed by atoms with Crippen LogP contribution in [-0.4, -0.2) is 85.9 Å². The van der Waals surface area contributed by atoms with Crippen LogP contribution < -0.4 is 16.4 Å². The van der Waals surface area contributed by atoms with Crippen LogP contribution in [0.15, 0.2) is 67.9 Å². The lowest BCUT2D eigenvalue weighted by Gasteiger charge is -2.31. The van der Waals surface area contributed by atoms with Crippen LogP contribution >= 0.6 is 15.9 Å². The third-order valence-electron chi connectivity index (χ3n) is 7.13. The summed E-state index contributed by atoms with van der Waals surface area (Å²) in [5.41, 5.74) is 7.25. The molecule has 1 unspecified atom stereocenters. The van der Waals surface area contributed by atoms with Crippen molar-refractivity contribution in [2.45, 2.75) is 69.5 Å². The van der Waals surface area contributed by atoms with Crippen molar-refractivity contribution in [1.82, 2.24) is 14.9 Å². The van der Waals surface area contributed by atoms with Crippen molar-refractivity contribution in [2.24, 2.45) is 15.9 Å². The van der Waals surface area contributed by atoms with E-state index in [2.05, 4.69) is 36.5 Å². The van der Waals surface area contributed by atoms with Gasteiger partial charge in [0.25, 0.3) is 5.91 Å². The van der Waals surface area contributed by atoms with Crippen LogP contribution in [0.2, 0.25) is 0 Å². The Hall–Kier alpha value is -3.13. The third-order valence-corrected chi connectivity index (χ3v) is 9.83. The minimum absolute atomic E-state index is 0.00613. The molecule has 0 fully saturated rings. The molecule has 3 atom stereocenters. The Balaban J connectivity index is 1.62. The lowest BCUT2D eigenvalue weighted by Crippen LogP contribution is -2.50. The Morgan fingerprint density at radius 3 is 2.45 bits per heavy atom. The third kappa shape index (κ3) is 10.2. The molecule has 2 aromatic rings. The Bertz CT molecular complexity index is 1430. The van der Waals surface area contributed by atoms with E-state index in [4.69, 9.17) is 5.73 Å². The number of nitrogen functional groups attached to an aromatic ring is 1. The van der Waals surface area contributed by atoms with Crippen LogP contribution in [-0.2, 0) is 26.0 Å². The average Bonchev–Trinajstić information content (AvgIpc) is 2.99. The molecule has 2 amide bonds. The SMILES string of the molecule is CC(C)CN([C@H](CO)CCCCNC(=O)[C@H](Cc1ccccc1Br)NC(=O)C1=NCC(C)N=C1)S(=O)(=O)c1ccc(N)cc1. The summed E-state index contributed by atoms with van der Waals surface area (Å²) < 4.78 is 29.2. The molecule has 0 bridgehead atoms. The maximum atomic E-state index is 13.5. The Kier molecular flexibility index (Phi) is 13.5. The second kappa shape index (κ2) is 16.8. The summed E-state index contributed by atoms with van der Waals surface area (Å²) in [6, 6.07) is 12.0. The minimum atomic E-state index is -3.86. The molecule has 0 aliphatic carbocycles. The molecule has 0 radical (unpaired) electrons. The number of sulfonamides is 1. The molecule has 5 N–H and O–H groups in total. The maximum absolute atomic E-state index is 13.5. The molecular weight excluding hydrogens is 648 g/mol. The first-order chi connectivity index (χ1) is 20.9. The van der Waals surface area contributed by atoms with E-state index >= 15 is 0 Å². The number of hydrogen-bond acceptors (Lipinski definition) is 8. The molecule has 1 aliphatic rings. The second-order valence-corrected chi connectivity index (χ2v) is 14.1. The zero-order valence-corrected chi connectivity index (χ0v) is 27.9. The fourth-order valence-electron chi connectivity index (χ4n) is 4.72. The van der Waals surface area contributed by atoms with Crippen molar-refractivity contribution in [1.29, 1.82) is 0 Å².